The van der Waals surface area contributed by atoms with Gasteiger partial charge in [-0.2, -0.15) is 0 Å². The average Bonchev–Trinajstić information content (AvgIpc) is 2.03. The van der Waals surface area contributed by atoms with Gasteiger partial charge >= 0.3 is 0 Å². The van der Waals surface area contributed by atoms with E-state index in [2.05, 4.69) is 36.4 Å². The van der Waals surface area contributed by atoms with Crippen LogP contribution in [0, 0.1) is 5.92 Å². The molecule has 0 amide bonds. The molecule has 0 aromatic rings. The molecule has 0 radical (unpaired) electrons. The van der Waals surface area contributed by atoms with Crippen LogP contribution in [-0.4, -0.2) is 17.5 Å². The highest BCUT2D eigenvalue weighted by molar-refractivity contribution is 9.09. The Morgan fingerprint density at radius 1 is 1.58 bits per heavy atom. The van der Waals surface area contributed by atoms with Crippen LogP contribution in [0.15, 0.2) is 12.2 Å². The number of alkyl halides is 1. The summed E-state index contributed by atoms with van der Waals surface area (Å²) < 4.78 is 5.80. The van der Waals surface area contributed by atoms with Crippen LogP contribution in [0.1, 0.15) is 26.7 Å². The maximum absolute atomic E-state index is 5.80. The molecule has 0 unspecified atom stereocenters. The van der Waals surface area contributed by atoms with Crippen molar-refractivity contribution in [1.29, 1.82) is 0 Å². The molecule has 1 fully saturated rings. The largest absolute Gasteiger partial charge is 0.374 e. The first kappa shape index (κ1) is 10.3. The minimum Gasteiger partial charge on any atom is -0.374 e. The fourth-order valence-corrected chi connectivity index (χ4v) is 2.37. The van der Waals surface area contributed by atoms with Gasteiger partial charge in [0.1, 0.15) is 0 Å². The molecule has 1 nitrogen and oxygen atoms in total. The first-order valence-corrected chi connectivity index (χ1v) is 5.64. The quantitative estimate of drug-likeness (QED) is 0.526. The second-order valence-electron chi connectivity index (χ2n) is 3.67. The molecule has 1 saturated heterocycles. The van der Waals surface area contributed by atoms with Crippen LogP contribution in [0.4, 0.5) is 0 Å². The Morgan fingerprint density at radius 2 is 2.25 bits per heavy atom. The van der Waals surface area contributed by atoms with Crippen molar-refractivity contribution in [2.45, 2.75) is 38.9 Å². The molecule has 70 valence electrons. The van der Waals surface area contributed by atoms with Crippen molar-refractivity contribution in [1.82, 2.24) is 0 Å². The fourth-order valence-electron chi connectivity index (χ4n) is 1.77. The maximum Gasteiger partial charge on any atom is 0.0740 e. The Bertz CT molecular complexity index is 167. The van der Waals surface area contributed by atoms with Crippen molar-refractivity contribution >= 4 is 15.9 Å². The van der Waals surface area contributed by atoms with Crippen molar-refractivity contribution in [3.63, 3.8) is 0 Å². The van der Waals surface area contributed by atoms with E-state index in [1.807, 2.05) is 0 Å². The van der Waals surface area contributed by atoms with Crippen molar-refractivity contribution in [3.8, 4) is 0 Å². The molecule has 1 rings (SSSR count). The Kier molecular flexibility index (Phi) is 3.78. The van der Waals surface area contributed by atoms with E-state index in [1.165, 1.54) is 18.4 Å². The van der Waals surface area contributed by atoms with Crippen LogP contribution in [0.25, 0.3) is 0 Å². The summed E-state index contributed by atoms with van der Waals surface area (Å²) in [4.78, 5) is 0. The van der Waals surface area contributed by atoms with Crippen LogP contribution in [0.2, 0.25) is 0 Å². The molecule has 1 heterocycles. The Balaban J connectivity index is 2.56. The van der Waals surface area contributed by atoms with E-state index in [1.54, 1.807) is 0 Å². The first-order valence-electron chi connectivity index (χ1n) is 4.52. The summed E-state index contributed by atoms with van der Waals surface area (Å²) >= 11 is 3.48. The SMILES string of the molecule is C=C(C)[C@@H]1CC[C@H](C)O[C@H]1CBr. The summed E-state index contributed by atoms with van der Waals surface area (Å²) in [6.45, 7) is 8.24. The van der Waals surface area contributed by atoms with Gasteiger partial charge in [0.2, 0.25) is 0 Å². The molecule has 0 aromatic heterocycles. The summed E-state index contributed by atoms with van der Waals surface area (Å²) in [5.41, 5.74) is 1.26. The Labute approximate surface area is 83.3 Å². The third-order valence-corrected chi connectivity index (χ3v) is 3.16. The Morgan fingerprint density at radius 3 is 2.75 bits per heavy atom. The fraction of sp³-hybridized carbons (Fsp3) is 0.800. The van der Waals surface area contributed by atoms with Crippen LogP contribution >= 0.6 is 15.9 Å². The highest BCUT2D eigenvalue weighted by atomic mass is 79.9. The van der Waals surface area contributed by atoms with Gasteiger partial charge in [-0.05, 0) is 26.7 Å². The van der Waals surface area contributed by atoms with E-state index in [0.29, 0.717) is 18.1 Å². The smallest absolute Gasteiger partial charge is 0.0740 e. The minimum atomic E-state index is 0.339. The van der Waals surface area contributed by atoms with Crippen LogP contribution in [0.5, 0.6) is 0 Å². The molecule has 0 N–H and O–H groups in total. The lowest BCUT2D eigenvalue weighted by molar-refractivity contribution is -0.0512. The second-order valence-corrected chi connectivity index (χ2v) is 4.32. The van der Waals surface area contributed by atoms with Crippen molar-refractivity contribution in [3.05, 3.63) is 12.2 Å². The molecule has 12 heavy (non-hydrogen) atoms. The zero-order valence-corrected chi connectivity index (χ0v) is 9.43. The first-order chi connectivity index (χ1) is 5.65. The molecule has 1 aliphatic rings. The van der Waals surface area contributed by atoms with Gasteiger partial charge in [-0.3, -0.25) is 0 Å². The summed E-state index contributed by atoms with van der Waals surface area (Å²) in [5, 5.41) is 0.925. The van der Waals surface area contributed by atoms with Gasteiger partial charge in [-0.25, -0.2) is 0 Å². The maximum atomic E-state index is 5.80. The molecular formula is C10H17BrO. The summed E-state index contributed by atoms with van der Waals surface area (Å²) in [7, 11) is 0. The van der Waals surface area contributed by atoms with Gasteiger partial charge < -0.3 is 4.74 Å². The molecular weight excluding hydrogens is 216 g/mol. The minimum absolute atomic E-state index is 0.339. The van der Waals surface area contributed by atoms with Gasteiger partial charge in [-0.1, -0.05) is 28.1 Å². The van der Waals surface area contributed by atoms with Gasteiger partial charge in [0, 0.05) is 11.2 Å². The standard InChI is InChI=1S/C10H17BrO/c1-7(2)9-5-4-8(3)12-10(9)6-11/h8-10H,1,4-6H2,2-3H3/t8-,9-,10-/m0/s1. The molecule has 3 atom stereocenters. The highest BCUT2D eigenvalue weighted by Gasteiger charge is 2.28. The number of rotatable bonds is 2. The summed E-state index contributed by atoms with van der Waals surface area (Å²) in [6, 6.07) is 0. The third-order valence-electron chi connectivity index (χ3n) is 2.53. The van der Waals surface area contributed by atoms with Gasteiger partial charge in [0.05, 0.1) is 12.2 Å². The van der Waals surface area contributed by atoms with Crippen molar-refractivity contribution in [2.75, 3.05) is 5.33 Å². The monoisotopic (exact) mass is 232 g/mol. The third kappa shape index (κ3) is 2.33. The number of hydrogen-bond acceptors (Lipinski definition) is 1. The molecule has 0 aliphatic carbocycles. The predicted molar refractivity (Wildman–Crippen MR) is 55.7 cm³/mol. The predicted octanol–water partition coefficient (Wildman–Crippen LogP) is 3.14. The topological polar surface area (TPSA) is 9.23 Å². The van der Waals surface area contributed by atoms with Crippen LogP contribution in [0.3, 0.4) is 0 Å². The van der Waals surface area contributed by atoms with Crippen molar-refractivity contribution < 1.29 is 4.74 Å². The lowest BCUT2D eigenvalue weighted by Gasteiger charge is -2.34. The highest BCUT2D eigenvalue weighted by Crippen LogP contribution is 2.30. The molecule has 0 spiro atoms. The second kappa shape index (κ2) is 4.43. The normalized spacial score (nSPS) is 36.4. The Hall–Kier alpha value is 0.180. The molecule has 1 aliphatic heterocycles. The van der Waals surface area contributed by atoms with E-state index in [0.717, 1.165) is 5.33 Å². The lowest BCUT2D eigenvalue weighted by Crippen LogP contribution is -2.35. The van der Waals surface area contributed by atoms with E-state index >= 15 is 0 Å². The van der Waals surface area contributed by atoms with E-state index in [4.69, 9.17) is 4.74 Å². The van der Waals surface area contributed by atoms with Gasteiger partial charge in [-0.15, -0.1) is 0 Å². The number of hydrogen-bond donors (Lipinski definition) is 0. The number of halogens is 1. The summed E-state index contributed by atoms with van der Waals surface area (Å²) in [5.74, 6) is 0.556. The zero-order chi connectivity index (χ0) is 9.14. The molecule has 2 heteroatoms. The van der Waals surface area contributed by atoms with Crippen LogP contribution in [-0.2, 0) is 4.74 Å². The van der Waals surface area contributed by atoms with E-state index < -0.39 is 0 Å². The lowest BCUT2D eigenvalue weighted by atomic mass is 9.88. The van der Waals surface area contributed by atoms with Crippen LogP contribution < -0.4 is 0 Å². The van der Waals surface area contributed by atoms with E-state index in [-0.39, 0.29) is 0 Å². The number of ether oxygens (including phenoxy) is 1. The average molecular weight is 233 g/mol. The van der Waals surface area contributed by atoms with Gasteiger partial charge in [0.15, 0.2) is 0 Å². The summed E-state index contributed by atoms with van der Waals surface area (Å²) in [6.07, 6.45) is 3.16. The van der Waals surface area contributed by atoms with Crippen molar-refractivity contribution in [2.24, 2.45) is 5.92 Å². The van der Waals surface area contributed by atoms with E-state index in [9.17, 15) is 0 Å². The molecule has 0 bridgehead atoms. The molecule has 0 aromatic carbocycles. The molecule has 0 saturated carbocycles. The zero-order valence-electron chi connectivity index (χ0n) is 7.85. The van der Waals surface area contributed by atoms with Gasteiger partial charge in [0.25, 0.3) is 0 Å².